The SMILES string of the molecule is CNCc1cccc(-c2ccccc2Cl)c1. The number of hydrogen-bond donors (Lipinski definition) is 1. The normalized spacial score (nSPS) is 10.4. The second-order valence-corrected chi connectivity index (χ2v) is 4.12. The van der Waals surface area contributed by atoms with Crippen molar-refractivity contribution < 1.29 is 0 Å². The summed E-state index contributed by atoms with van der Waals surface area (Å²) in [6, 6.07) is 16.3. The second kappa shape index (κ2) is 5.15. The Kier molecular flexibility index (Phi) is 3.60. The van der Waals surface area contributed by atoms with Crippen molar-refractivity contribution in [2.75, 3.05) is 7.05 Å². The van der Waals surface area contributed by atoms with Crippen molar-refractivity contribution >= 4 is 11.6 Å². The Morgan fingerprint density at radius 1 is 1.06 bits per heavy atom. The van der Waals surface area contributed by atoms with Crippen LogP contribution in [0.15, 0.2) is 48.5 Å². The van der Waals surface area contributed by atoms with Gasteiger partial charge in [0.1, 0.15) is 0 Å². The zero-order chi connectivity index (χ0) is 11.4. The number of halogens is 1. The van der Waals surface area contributed by atoms with Crippen LogP contribution >= 0.6 is 11.6 Å². The van der Waals surface area contributed by atoms with Crippen molar-refractivity contribution in [1.29, 1.82) is 0 Å². The predicted molar refractivity (Wildman–Crippen MR) is 69.7 cm³/mol. The van der Waals surface area contributed by atoms with Gasteiger partial charge in [0.2, 0.25) is 0 Å². The Morgan fingerprint density at radius 3 is 2.62 bits per heavy atom. The fraction of sp³-hybridized carbons (Fsp3) is 0.143. The molecule has 2 aromatic rings. The summed E-state index contributed by atoms with van der Waals surface area (Å²) in [7, 11) is 1.95. The van der Waals surface area contributed by atoms with Gasteiger partial charge in [0.05, 0.1) is 0 Å². The highest BCUT2D eigenvalue weighted by Crippen LogP contribution is 2.27. The van der Waals surface area contributed by atoms with Crippen LogP contribution in [0, 0.1) is 0 Å². The quantitative estimate of drug-likeness (QED) is 0.849. The zero-order valence-electron chi connectivity index (χ0n) is 9.20. The van der Waals surface area contributed by atoms with E-state index in [0.717, 1.165) is 17.1 Å². The number of rotatable bonds is 3. The van der Waals surface area contributed by atoms with E-state index in [9.17, 15) is 0 Å². The van der Waals surface area contributed by atoms with Gasteiger partial charge in [-0.25, -0.2) is 0 Å². The largest absolute Gasteiger partial charge is 0.316 e. The predicted octanol–water partition coefficient (Wildman–Crippen LogP) is 3.73. The van der Waals surface area contributed by atoms with Crippen LogP contribution < -0.4 is 5.32 Å². The van der Waals surface area contributed by atoms with E-state index in [-0.39, 0.29) is 0 Å². The maximum atomic E-state index is 6.17. The minimum Gasteiger partial charge on any atom is -0.316 e. The van der Waals surface area contributed by atoms with Crippen molar-refractivity contribution in [2.45, 2.75) is 6.54 Å². The minimum absolute atomic E-state index is 0.795. The molecule has 0 aliphatic rings. The van der Waals surface area contributed by atoms with E-state index < -0.39 is 0 Å². The summed E-state index contributed by atoms with van der Waals surface area (Å²) in [4.78, 5) is 0. The van der Waals surface area contributed by atoms with Gasteiger partial charge in [-0.05, 0) is 30.3 Å². The molecule has 82 valence electrons. The summed E-state index contributed by atoms with van der Waals surface area (Å²) in [5, 5.41) is 3.94. The molecule has 2 heteroatoms. The van der Waals surface area contributed by atoms with Crippen LogP contribution in [0.5, 0.6) is 0 Å². The molecule has 0 aromatic heterocycles. The lowest BCUT2D eigenvalue weighted by atomic mass is 10.0. The Morgan fingerprint density at radius 2 is 1.88 bits per heavy atom. The number of benzene rings is 2. The number of nitrogens with one attached hydrogen (secondary N) is 1. The van der Waals surface area contributed by atoms with Crippen LogP contribution in [0.2, 0.25) is 5.02 Å². The maximum Gasteiger partial charge on any atom is 0.0484 e. The first-order valence-corrected chi connectivity index (χ1v) is 5.67. The average molecular weight is 232 g/mol. The van der Waals surface area contributed by atoms with E-state index in [1.807, 2.05) is 31.3 Å². The van der Waals surface area contributed by atoms with Gasteiger partial charge < -0.3 is 5.32 Å². The second-order valence-electron chi connectivity index (χ2n) is 3.71. The summed E-state index contributed by atoms with van der Waals surface area (Å²) in [5.74, 6) is 0. The van der Waals surface area contributed by atoms with Gasteiger partial charge in [-0.3, -0.25) is 0 Å². The van der Waals surface area contributed by atoms with Gasteiger partial charge in [-0.2, -0.15) is 0 Å². The molecule has 0 fully saturated rings. The summed E-state index contributed by atoms with van der Waals surface area (Å²) in [6.45, 7) is 0.873. The lowest BCUT2D eigenvalue weighted by Gasteiger charge is -2.06. The Balaban J connectivity index is 2.40. The van der Waals surface area contributed by atoms with E-state index in [4.69, 9.17) is 11.6 Å². The topological polar surface area (TPSA) is 12.0 Å². The van der Waals surface area contributed by atoms with Crippen LogP contribution in [0.4, 0.5) is 0 Å². The average Bonchev–Trinajstić information content (AvgIpc) is 2.30. The molecule has 0 unspecified atom stereocenters. The van der Waals surface area contributed by atoms with Crippen molar-refractivity contribution in [3.63, 3.8) is 0 Å². The molecule has 0 heterocycles. The third-order valence-corrected chi connectivity index (χ3v) is 2.82. The van der Waals surface area contributed by atoms with E-state index in [1.54, 1.807) is 0 Å². The third kappa shape index (κ3) is 2.43. The van der Waals surface area contributed by atoms with Crippen LogP contribution in [-0.2, 0) is 6.54 Å². The van der Waals surface area contributed by atoms with Crippen LogP contribution in [0.25, 0.3) is 11.1 Å². The highest BCUT2D eigenvalue weighted by Gasteiger charge is 2.02. The molecule has 1 N–H and O–H groups in total. The molecule has 2 rings (SSSR count). The van der Waals surface area contributed by atoms with E-state index in [2.05, 4.69) is 29.6 Å². The molecule has 2 aromatic carbocycles. The van der Waals surface area contributed by atoms with Gasteiger partial charge in [-0.1, -0.05) is 48.0 Å². The van der Waals surface area contributed by atoms with Gasteiger partial charge in [0.15, 0.2) is 0 Å². The Bertz CT molecular complexity index is 480. The molecule has 0 saturated carbocycles. The fourth-order valence-corrected chi connectivity index (χ4v) is 1.99. The van der Waals surface area contributed by atoms with E-state index in [0.29, 0.717) is 0 Å². The Labute approximate surface area is 101 Å². The van der Waals surface area contributed by atoms with Crippen LogP contribution in [-0.4, -0.2) is 7.05 Å². The molecule has 0 aliphatic heterocycles. The molecule has 0 bridgehead atoms. The minimum atomic E-state index is 0.795. The summed E-state index contributed by atoms with van der Waals surface area (Å²) < 4.78 is 0. The van der Waals surface area contributed by atoms with E-state index in [1.165, 1.54) is 11.1 Å². The van der Waals surface area contributed by atoms with Gasteiger partial charge in [0.25, 0.3) is 0 Å². The van der Waals surface area contributed by atoms with Gasteiger partial charge in [0, 0.05) is 17.1 Å². The van der Waals surface area contributed by atoms with Crippen LogP contribution in [0.3, 0.4) is 0 Å². The zero-order valence-corrected chi connectivity index (χ0v) is 9.96. The molecular weight excluding hydrogens is 218 g/mol. The molecule has 0 amide bonds. The lowest BCUT2D eigenvalue weighted by molar-refractivity contribution is 0.818. The molecule has 0 spiro atoms. The van der Waals surface area contributed by atoms with E-state index >= 15 is 0 Å². The summed E-state index contributed by atoms with van der Waals surface area (Å²) in [5.41, 5.74) is 3.51. The van der Waals surface area contributed by atoms with Crippen molar-refractivity contribution in [3.8, 4) is 11.1 Å². The van der Waals surface area contributed by atoms with Gasteiger partial charge in [-0.15, -0.1) is 0 Å². The molecule has 1 nitrogen and oxygen atoms in total. The summed E-state index contributed by atoms with van der Waals surface area (Å²) in [6.07, 6.45) is 0. The first-order chi connectivity index (χ1) is 7.81. The molecule has 0 saturated heterocycles. The molecule has 0 aliphatic carbocycles. The first-order valence-electron chi connectivity index (χ1n) is 5.29. The maximum absolute atomic E-state index is 6.17. The molecule has 0 radical (unpaired) electrons. The first kappa shape index (κ1) is 11.2. The summed E-state index contributed by atoms with van der Waals surface area (Å²) >= 11 is 6.17. The molecular formula is C14H14ClN. The van der Waals surface area contributed by atoms with Gasteiger partial charge >= 0.3 is 0 Å². The fourth-order valence-electron chi connectivity index (χ4n) is 1.75. The molecule has 16 heavy (non-hydrogen) atoms. The van der Waals surface area contributed by atoms with Crippen molar-refractivity contribution in [1.82, 2.24) is 5.32 Å². The third-order valence-electron chi connectivity index (χ3n) is 2.49. The number of hydrogen-bond acceptors (Lipinski definition) is 1. The monoisotopic (exact) mass is 231 g/mol. The molecule has 0 atom stereocenters. The Hall–Kier alpha value is -1.31. The lowest BCUT2D eigenvalue weighted by Crippen LogP contribution is -2.04. The van der Waals surface area contributed by atoms with Crippen molar-refractivity contribution in [3.05, 3.63) is 59.1 Å². The van der Waals surface area contributed by atoms with Crippen molar-refractivity contribution in [2.24, 2.45) is 0 Å². The standard InChI is InChI=1S/C14H14ClN/c1-16-10-11-5-4-6-12(9-11)13-7-2-3-8-14(13)15/h2-9,16H,10H2,1H3. The smallest absolute Gasteiger partial charge is 0.0484 e. The highest BCUT2D eigenvalue weighted by atomic mass is 35.5. The van der Waals surface area contributed by atoms with Crippen LogP contribution in [0.1, 0.15) is 5.56 Å². The highest BCUT2D eigenvalue weighted by molar-refractivity contribution is 6.33.